The number of hydrogen-bond donors (Lipinski definition) is 2. The molecule has 3 rings (SSSR count). The van der Waals surface area contributed by atoms with E-state index in [1.165, 1.54) is 0 Å². The van der Waals surface area contributed by atoms with Gasteiger partial charge < -0.3 is 20.7 Å². The van der Waals surface area contributed by atoms with E-state index in [1.807, 2.05) is 29.2 Å². The van der Waals surface area contributed by atoms with E-state index in [2.05, 4.69) is 5.32 Å². The summed E-state index contributed by atoms with van der Waals surface area (Å²) in [6.07, 6.45) is 0.760. The van der Waals surface area contributed by atoms with Crippen molar-refractivity contribution in [3.63, 3.8) is 0 Å². The van der Waals surface area contributed by atoms with Gasteiger partial charge in [-0.05, 0) is 18.1 Å². The molecule has 0 bridgehead atoms. The molecular formula is C15H21N3O2. The fraction of sp³-hybridized carbons (Fsp3) is 0.533. The number of nitrogens with two attached hydrogens (primary N) is 1. The molecule has 1 saturated heterocycles. The van der Waals surface area contributed by atoms with Crippen LogP contribution in [0.2, 0.25) is 0 Å². The van der Waals surface area contributed by atoms with Crippen molar-refractivity contribution in [3.05, 3.63) is 29.8 Å². The first-order valence-corrected chi connectivity index (χ1v) is 7.21. The molecule has 20 heavy (non-hydrogen) atoms. The van der Waals surface area contributed by atoms with Crippen molar-refractivity contribution in [1.82, 2.24) is 10.2 Å². The summed E-state index contributed by atoms with van der Waals surface area (Å²) in [5, 5.41) is 3.28. The van der Waals surface area contributed by atoms with Crippen LogP contribution in [0, 0.1) is 5.92 Å². The smallest absolute Gasteiger partial charge is 0.229 e. The van der Waals surface area contributed by atoms with Gasteiger partial charge in [0.1, 0.15) is 12.4 Å². The van der Waals surface area contributed by atoms with Crippen LogP contribution < -0.4 is 15.8 Å². The normalized spacial score (nSPS) is 25.8. The van der Waals surface area contributed by atoms with E-state index in [1.54, 1.807) is 0 Å². The van der Waals surface area contributed by atoms with Gasteiger partial charge in [0.2, 0.25) is 5.91 Å². The molecule has 0 aliphatic carbocycles. The maximum atomic E-state index is 12.7. The fourth-order valence-corrected chi connectivity index (χ4v) is 2.98. The Morgan fingerprint density at radius 2 is 2.30 bits per heavy atom. The Morgan fingerprint density at radius 1 is 1.45 bits per heavy atom. The number of fused-ring (bicyclic) bond motifs is 1. The second kappa shape index (κ2) is 5.81. The number of benzene rings is 1. The first-order valence-electron chi connectivity index (χ1n) is 7.21. The van der Waals surface area contributed by atoms with Crippen LogP contribution in [-0.2, 0) is 11.2 Å². The molecule has 1 aromatic carbocycles. The number of nitrogens with zero attached hydrogens (tertiary/aromatic N) is 1. The van der Waals surface area contributed by atoms with Crippen LogP contribution in [-0.4, -0.2) is 49.6 Å². The summed E-state index contributed by atoms with van der Waals surface area (Å²) in [7, 11) is 0. The van der Waals surface area contributed by atoms with E-state index < -0.39 is 0 Å². The molecule has 1 fully saturated rings. The lowest BCUT2D eigenvalue weighted by Crippen LogP contribution is -2.58. The molecular weight excluding hydrogens is 254 g/mol. The number of nitrogens with one attached hydrogen (secondary N) is 1. The molecule has 0 aromatic heterocycles. The van der Waals surface area contributed by atoms with Crippen LogP contribution in [0.4, 0.5) is 0 Å². The van der Waals surface area contributed by atoms with Gasteiger partial charge in [0, 0.05) is 26.2 Å². The molecule has 1 amide bonds. The van der Waals surface area contributed by atoms with Crippen molar-refractivity contribution in [1.29, 1.82) is 0 Å². The lowest BCUT2D eigenvalue weighted by atomic mass is 9.94. The molecule has 2 unspecified atom stereocenters. The van der Waals surface area contributed by atoms with Crippen LogP contribution in [0.15, 0.2) is 24.3 Å². The quantitative estimate of drug-likeness (QED) is 0.797. The Kier molecular flexibility index (Phi) is 3.89. The molecule has 5 nitrogen and oxygen atoms in total. The lowest BCUT2D eigenvalue weighted by Gasteiger charge is -2.38. The van der Waals surface area contributed by atoms with Crippen molar-refractivity contribution in [2.24, 2.45) is 11.7 Å². The highest BCUT2D eigenvalue weighted by atomic mass is 16.5. The second-order valence-electron chi connectivity index (χ2n) is 5.45. The van der Waals surface area contributed by atoms with Crippen LogP contribution in [0.3, 0.4) is 0 Å². The van der Waals surface area contributed by atoms with Crippen molar-refractivity contribution >= 4 is 5.91 Å². The predicted octanol–water partition coefficient (Wildman–Crippen LogP) is -0.00320. The van der Waals surface area contributed by atoms with Gasteiger partial charge in [-0.25, -0.2) is 0 Å². The minimum atomic E-state index is -0.0861. The summed E-state index contributed by atoms with van der Waals surface area (Å²) < 4.78 is 5.72. The van der Waals surface area contributed by atoms with E-state index in [-0.39, 0.29) is 17.9 Å². The van der Waals surface area contributed by atoms with Crippen molar-refractivity contribution in [2.45, 2.75) is 12.5 Å². The first kappa shape index (κ1) is 13.4. The SMILES string of the molecule is NCC1CNCCN1C(=O)C1COc2ccccc2C1. The highest BCUT2D eigenvalue weighted by Crippen LogP contribution is 2.28. The van der Waals surface area contributed by atoms with Crippen molar-refractivity contribution in [2.75, 3.05) is 32.8 Å². The average molecular weight is 275 g/mol. The molecule has 0 saturated carbocycles. The van der Waals surface area contributed by atoms with Gasteiger partial charge in [-0.15, -0.1) is 0 Å². The number of carbonyl (C=O) groups excluding carboxylic acids is 1. The van der Waals surface area contributed by atoms with Gasteiger partial charge in [0.25, 0.3) is 0 Å². The number of piperazine rings is 1. The topological polar surface area (TPSA) is 67.6 Å². The Balaban J connectivity index is 1.72. The Hall–Kier alpha value is -1.59. The number of para-hydroxylation sites is 1. The summed E-state index contributed by atoms with van der Waals surface area (Å²) in [4.78, 5) is 14.6. The number of amides is 1. The van der Waals surface area contributed by atoms with Gasteiger partial charge in [-0.3, -0.25) is 4.79 Å². The summed E-state index contributed by atoms with van der Waals surface area (Å²) in [5.41, 5.74) is 6.89. The summed E-state index contributed by atoms with van der Waals surface area (Å²) in [6, 6.07) is 8.05. The monoisotopic (exact) mass is 275 g/mol. The molecule has 108 valence electrons. The number of hydrogen-bond acceptors (Lipinski definition) is 4. The maximum absolute atomic E-state index is 12.7. The maximum Gasteiger partial charge on any atom is 0.229 e. The molecule has 1 aromatic rings. The second-order valence-corrected chi connectivity index (χ2v) is 5.45. The molecule has 0 radical (unpaired) electrons. The molecule has 2 aliphatic heterocycles. The summed E-state index contributed by atoms with van der Waals surface area (Å²) >= 11 is 0. The zero-order valence-corrected chi connectivity index (χ0v) is 11.5. The van der Waals surface area contributed by atoms with E-state index in [9.17, 15) is 4.79 Å². The van der Waals surface area contributed by atoms with E-state index in [0.29, 0.717) is 13.2 Å². The van der Waals surface area contributed by atoms with Crippen LogP contribution in [0.5, 0.6) is 5.75 Å². The molecule has 2 heterocycles. The summed E-state index contributed by atoms with van der Waals surface area (Å²) in [6.45, 7) is 3.33. The molecule has 2 atom stereocenters. The molecule has 5 heteroatoms. The fourth-order valence-electron chi connectivity index (χ4n) is 2.98. The molecule has 0 spiro atoms. The number of ether oxygens (including phenoxy) is 1. The van der Waals surface area contributed by atoms with Crippen LogP contribution in [0.1, 0.15) is 5.56 Å². The minimum Gasteiger partial charge on any atom is -0.492 e. The van der Waals surface area contributed by atoms with Gasteiger partial charge >= 0.3 is 0 Å². The summed E-state index contributed by atoms with van der Waals surface area (Å²) in [5.74, 6) is 1.00. The van der Waals surface area contributed by atoms with Crippen molar-refractivity contribution in [3.8, 4) is 5.75 Å². The third-order valence-electron chi connectivity index (χ3n) is 4.13. The largest absolute Gasteiger partial charge is 0.492 e. The van der Waals surface area contributed by atoms with Crippen LogP contribution in [0.25, 0.3) is 0 Å². The number of rotatable bonds is 2. The van der Waals surface area contributed by atoms with E-state index >= 15 is 0 Å². The Morgan fingerprint density at radius 3 is 3.15 bits per heavy atom. The molecule has 2 aliphatic rings. The molecule has 3 N–H and O–H groups in total. The Bertz CT molecular complexity index is 492. The standard InChI is InChI=1S/C15H21N3O2/c16-8-13-9-17-5-6-18(13)15(19)12-7-11-3-1-2-4-14(11)20-10-12/h1-4,12-13,17H,5-10,16H2. The highest BCUT2D eigenvalue weighted by Gasteiger charge is 2.33. The van der Waals surface area contributed by atoms with E-state index in [4.69, 9.17) is 10.5 Å². The van der Waals surface area contributed by atoms with Crippen molar-refractivity contribution < 1.29 is 9.53 Å². The zero-order chi connectivity index (χ0) is 13.9. The van der Waals surface area contributed by atoms with Gasteiger partial charge in [0.05, 0.1) is 12.0 Å². The lowest BCUT2D eigenvalue weighted by molar-refractivity contribution is -0.140. The van der Waals surface area contributed by atoms with Gasteiger partial charge in [0.15, 0.2) is 0 Å². The average Bonchev–Trinajstić information content (AvgIpc) is 2.53. The Labute approximate surface area is 119 Å². The minimum absolute atomic E-state index is 0.0861. The number of carbonyl (C=O) groups is 1. The van der Waals surface area contributed by atoms with Crippen LogP contribution >= 0.6 is 0 Å². The third-order valence-corrected chi connectivity index (χ3v) is 4.13. The van der Waals surface area contributed by atoms with Gasteiger partial charge in [-0.2, -0.15) is 0 Å². The first-order chi connectivity index (χ1) is 9.79. The van der Waals surface area contributed by atoms with E-state index in [0.717, 1.165) is 37.4 Å². The van der Waals surface area contributed by atoms with Gasteiger partial charge in [-0.1, -0.05) is 18.2 Å². The zero-order valence-electron chi connectivity index (χ0n) is 11.5. The third kappa shape index (κ3) is 2.51. The highest BCUT2D eigenvalue weighted by molar-refractivity contribution is 5.80. The predicted molar refractivity (Wildman–Crippen MR) is 76.6 cm³/mol.